The van der Waals surface area contributed by atoms with Crippen molar-refractivity contribution in [1.29, 1.82) is 0 Å². The molecule has 5 heteroatoms. The Bertz CT molecular complexity index is 997. The first kappa shape index (κ1) is 20.9. The molecule has 1 aliphatic heterocycles. The van der Waals surface area contributed by atoms with Gasteiger partial charge in [-0.2, -0.15) is 0 Å². The molecule has 1 aromatic carbocycles. The first-order valence-electron chi connectivity index (χ1n) is 10.7. The standard InChI is InChI=1S/C25H30N2O2S/c1-16-7-9-20(10-8-16)23(27-13-11-17(2)12-14-27)22-18(3)19(4)30-25(22)26-24(28)21-6-5-15-29-21/h5-10,15,17,23H,11-14H2,1-4H3,(H,26,28). The van der Waals surface area contributed by atoms with Gasteiger partial charge in [-0.1, -0.05) is 36.8 Å². The molecule has 1 atom stereocenters. The topological polar surface area (TPSA) is 45.5 Å². The van der Waals surface area contributed by atoms with E-state index in [1.165, 1.54) is 46.2 Å². The van der Waals surface area contributed by atoms with E-state index in [-0.39, 0.29) is 11.9 Å². The average Bonchev–Trinajstić information content (AvgIpc) is 3.36. The van der Waals surface area contributed by atoms with Crippen molar-refractivity contribution < 1.29 is 9.21 Å². The van der Waals surface area contributed by atoms with Crippen molar-refractivity contribution in [2.24, 2.45) is 5.92 Å². The maximum absolute atomic E-state index is 12.8. The molecule has 0 aliphatic carbocycles. The van der Waals surface area contributed by atoms with Gasteiger partial charge in [-0.25, -0.2) is 0 Å². The van der Waals surface area contributed by atoms with Gasteiger partial charge in [0.2, 0.25) is 0 Å². The largest absolute Gasteiger partial charge is 0.459 e. The zero-order chi connectivity index (χ0) is 21.3. The van der Waals surface area contributed by atoms with Gasteiger partial charge in [0.25, 0.3) is 5.91 Å². The van der Waals surface area contributed by atoms with Crippen molar-refractivity contribution in [3.63, 3.8) is 0 Å². The van der Waals surface area contributed by atoms with Gasteiger partial charge >= 0.3 is 0 Å². The van der Waals surface area contributed by atoms with Gasteiger partial charge in [0.1, 0.15) is 5.00 Å². The Kier molecular flexibility index (Phi) is 6.11. The summed E-state index contributed by atoms with van der Waals surface area (Å²) in [6, 6.07) is 12.4. The van der Waals surface area contributed by atoms with Crippen LogP contribution in [0.1, 0.15) is 63.5 Å². The Balaban J connectivity index is 1.76. The van der Waals surface area contributed by atoms with Gasteiger partial charge in [0.15, 0.2) is 5.76 Å². The van der Waals surface area contributed by atoms with E-state index in [4.69, 9.17) is 4.42 Å². The second kappa shape index (κ2) is 8.78. The van der Waals surface area contributed by atoms with Crippen LogP contribution in [-0.4, -0.2) is 23.9 Å². The predicted octanol–water partition coefficient (Wildman–Crippen LogP) is 6.34. The first-order chi connectivity index (χ1) is 14.4. The van der Waals surface area contributed by atoms with Gasteiger partial charge in [-0.15, -0.1) is 11.3 Å². The molecule has 2 aromatic heterocycles. The molecule has 4 rings (SSSR count). The minimum Gasteiger partial charge on any atom is -0.459 e. The highest BCUT2D eigenvalue weighted by Crippen LogP contribution is 2.43. The smallest absolute Gasteiger partial charge is 0.291 e. The number of likely N-dealkylation sites (tertiary alicyclic amines) is 1. The zero-order valence-electron chi connectivity index (χ0n) is 18.2. The fourth-order valence-corrected chi connectivity index (χ4v) is 5.32. The number of thiophene rings is 1. The Morgan fingerprint density at radius 1 is 1.13 bits per heavy atom. The number of amides is 1. The number of nitrogens with one attached hydrogen (secondary N) is 1. The lowest BCUT2D eigenvalue weighted by Gasteiger charge is -2.38. The van der Waals surface area contributed by atoms with Crippen LogP contribution in [0.3, 0.4) is 0 Å². The molecule has 1 unspecified atom stereocenters. The van der Waals surface area contributed by atoms with Crippen molar-refractivity contribution in [1.82, 2.24) is 4.90 Å². The number of anilines is 1. The lowest BCUT2D eigenvalue weighted by atomic mass is 9.90. The molecule has 0 spiro atoms. The third-order valence-electron chi connectivity index (χ3n) is 6.25. The fraction of sp³-hybridized carbons (Fsp3) is 0.400. The van der Waals surface area contributed by atoms with E-state index in [0.29, 0.717) is 5.76 Å². The highest BCUT2D eigenvalue weighted by Gasteiger charge is 2.31. The van der Waals surface area contributed by atoms with Crippen molar-refractivity contribution in [2.75, 3.05) is 18.4 Å². The van der Waals surface area contributed by atoms with Crippen LogP contribution in [0, 0.1) is 26.7 Å². The average molecular weight is 423 g/mol. The summed E-state index contributed by atoms with van der Waals surface area (Å²) in [5.41, 5.74) is 5.02. The molecule has 0 saturated carbocycles. The number of nitrogens with zero attached hydrogens (tertiary/aromatic N) is 1. The van der Waals surface area contributed by atoms with Crippen molar-refractivity contribution in [2.45, 2.75) is 46.6 Å². The molecule has 3 aromatic rings. The second-order valence-electron chi connectivity index (χ2n) is 8.49. The summed E-state index contributed by atoms with van der Waals surface area (Å²) in [5.74, 6) is 0.907. The summed E-state index contributed by atoms with van der Waals surface area (Å²) in [6.07, 6.45) is 3.95. The summed E-state index contributed by atoms with van der Waals surface area (Å²) in [6.45, 7) is 10.9. The summed E-state index contributed by atoms with van der Waals surface area (Å²) < 4.78 is 5.31. The molecule has 1 aliphatic rings. The summed E-state index contributed by atoms with van der Waals surface area (Å²) in [5, 5.41) is 4.07. The van der Waals surface area contributed by atoms with E-state index >= 15 is 0 Å². The van der Waals surface area contributed by atoms with Gasteiger partial charge in [-0.05, 0) is 75.9 Å². The third kappa shape index (κ3) is 4.23. The van der Waals surface area contributed by atoms with E-state index < -0.39 is 0 Å². The highest BCUT2D eigenvalue weighted by atomic mass is 32.1. The number of carbonyl (C=O) groups excluding carboxylic acids is 1. The zero-order valence-corrected chi connectivity index (χ0v) is 19.0. The Morgan fingerprint density at radius 3 is 2.47 bits per heavy atom. The second-order valence-corrected chi connectivity index (χ2v) is 9.71. The molecule has 30 heavy (non-hydrogen) atoms. The molecule has 4 nitrogen and oxygen atoms in total. The third-order valence-corrected chi connectivity index (χ3v) is 7.39. The number of benzene rings is 1. The highest BCUT2D eigenvalue weighted by molar-refractivity contribution is 7.16. The van der Waals surface area contributed by atoms with Gasteiger partial charge in [0, 0.05) is 10.4 Å². The normalized spacial score (nSPS) is 16.5. The number of piperidine rings is 1. The van der Waals surface area contributed by atoms with Crippen LogP contribution in [0.4, 0.5) is 5.00 Å². The Labute approximate surface area is 182 Å². The number of carbonyl (C=O) groups is 1. The van der Waals surface area contributed by atoms with Crippen LogP contribution in [0.5, 0.6) is 0 Å². The van der Waals surface area contributed by atoms with Crippen LogP contribution >= 0.6 is 11.3 Å². The Morgan fingerprint density at radius 2 is 1.83 bits per heavy atom. The van der Waals surface area contributed by atoms with Crippen LogP contribution in [0.15, 0.2) is 47.1 Å². The maximum atomic E-state index is 12.8. The van der Waals surface area contributed by atoms with Gasteiger partial charge in [0.05, 0.1) is 12.3 Å². The van der Waals surface area contributed by atoms with E-state index in [0.717, 1.165) is 24.0 Å². The Hall–Kier alpha value is -2.37. The quantitative estimate of drug-likeness (QED) is 0.522. The summed E-state index contributed by atoms with van der Waals surface area (Å²) in [4.78, 5) is 16.6. The number of aryl methyl sites for hydroxylation is 2. The van der Waals surface area contributed by atoms with E-state index in [1.807, 2.05) is 0 Å². The molecule has 1 amide bonds. The molecule has 0 bridgehead atoms. The molecule has 1 N–H and O–H groups in total. The van der Waals surface area contributed by atoms with Crippen molar-refractivity contribution in [3.8, 4) is 0 Å². The van der Waals surface area contributed by atoms with Gasteiger partial charge in [-0.3, -0.25) is 9.69 Å². The molecule has 158 valence electrons. The van der Waals surface area contributed by atoms with Crippen LogP contribution in [0.2, 0.25) is 0 Å². The van der Waals surface area contributed by atoms with E-state index in [2.05, 4.69) is 62.2 Å². The van der Waals surface area contributed by atoms with E-state index in [9.17, 15) is 4.79 Å². The number of hydrogen-bond acceptors (Lipinski definition) is 4. The molecular weight excluding hydrogens is 392 g/mol. The van der Waals surface area contributed by atoms with Crippen molar-refractivity contribution >= 4 is 22.2 Å². The molecule has 3 heterocycles. The maximum Gasteiger partial charge on any atom is 0.291 e. The minimum atomic E-state index is -0.197. The summed E-state index contributed by atoms with van der Waals surface area (Å²) >= 11 is 1.66. The fourth-order valence-electron chi connectivity index (χ4n) is 4.23. The monoisotopic (exact) mass is 422 g/mol. The molecule has 1 saturated heterocycles. The lowest BCUT2D eigenvalue weighted by Crippen LogP contribution is -2.37. The van der Waals surface area contributed by atoms with Crippen molar-refractivity contribution in [3.05, 3.63) is 75.6 Å². The number of furan rings is 1. The SMILES string of the molecule is Cc1ccc(C(c2c(NC(=O)c3ccco3)sc(C)c2C)N2CCC(C)CC2)cc1. The number of hydrogen-bond donors (Lipinski definition) is 1. The lowest BCUT2D eigenvalue weighted by molar-refractivity contribution is 0.0996. The summed E-state index contributed by atoms with van der Waals surface area (Å²) in [7, 11) is 0. The van der Waals surface area contributed by atoms with E-state index in [1.54, 1.807) is 23.5 Å². The van der Waals surface area contributed by atoms with Gasteiger partial charge < -0.3 is 9.73 Å². The first-order valence-corrected chi connectivity index (χ1v) is 11.5. The number of rotatable bonds is 5. The van der Waals surface area contributed by atoms with Crippen LogP contribution in [0.25, 0.3) is 0 Å². The molecule has 1 fully saturated rings. The minimum absolute atomic E-state index is 0.134. The van der Waals surface area contributed by atoms with Crippen LogP contribution < -0.4 is 5.32 Å². The predicted molar refractivity (Wildman–Crippen MR) is 123 cm³/mol. The van der Waals surface area contributed by atoms with Crippen LogP contribution in [-0.2, 0) is 0 Å². The molecule has 0 radical (unpaired) electrons. The molecular formula is C25H30N2O2S.